The van der Waals surface area contributed by atoms with Crippen LogP contribution >= 0.6 is 11.6 Å². The Kier molecular flexibility index (Phi) is 8.80. The van der Waals surface area contributed by atoms with Crippen molar-refractivity contribution >= 4 is 23.4 Å². The molecule has 0 saturated carbocycles. The molecule has 0 aliphatic heterocycles. The van der Waals surface area contributed by atoms with Crippen molar-refractivity contribution < 1.29 is 19.1 Å². The molecule has 0 unspecified atom stereocenters. The summed E-state index contributed by atoms with van der Waals surface area (Å²) in [4.78, 5) is 26.4. The summed E-state index contributed by atoms with van der Waals surface area (Å²) in [6, 6.07) is 12.8. The normalized spacial score (nSPS) is 10.3. The Morgan fingerprint density at radius 1 is 1.07 bits per heavy atom. The molecule has 0 spiro atoms. The second-order valence-corrected chi connectivity index (χ2v) is 6.90. The number of para-hydroxylation sites is 1. The van der Waals surface area contributed by atoms with Crippen LogP contribution in [0.1, 0.15) is 24.5 Å². The summed E-state index contributed by atoms with van der Waals surface area (Å²) in [7, 11) is 3.15. The fourth-order valence-corrected chi connectivity index (χ4v) is 3.08. The zero-order valence-electron chi connectivity index (χ0n) is 17.0. The number of hydrogen-bond acceptors (Lipinski definition) is 4. The minimum Gasteiger partial charge on any atom is -0.493 e. The molecule has 0 heterocycles. The number of nitrogens with zero attached hydrogens (tertiary/aromatic N) is 1. The Labute approximate surface area is 176 Å². The average molecular weight is 419 g/mol. The molecule has 0 bridgehead atoms. The smallest absolute Gasteiger partial charge is 0.239 e. The second-order valence-electron chi connectivity index (χ2n) is 6.46. The predicted molar refractivity (Wildman–Crippen MR) is 113 cm³/mol. The molecule has 0 aromatic heterocycles. The highest BCUT2D eigenvalue weighted by molar-refractivity contribution is 6.30. The lowest BCUT2D eigenvalue weighted by molar-refractivity contribution is -0.135. The van der Waals surface area contributed by atoms with Crippen molar-refractivity contribution in [3.63, 3.8) is 0 Å². The summed E-state index contributed by atoms with van der Waals surface area (Å²) in [6.07, 6.45) is 0.782. The Bertz CT molecular complexity index is 824. The topological polar surface area (TPSA) is 67.9 Å². The van der Waals surface area contributed by atoms with Gasteiger partial charge in [-0.25, -0.2) is 0 Å². The summed E-state index contributed by atoms with van der Waals surface area (Å²) in [5.41, 5.74) is 1.84. The van der Waals surface area contributed by atoms with E-state index in [-0.39, 0.29) is 24.8 Å². The zero-order valence-corrected chi connectivity index (χ0v) is 17.8. The largest absolute Gasteiger partial charge is 0.493 e. The lowest BCUT2D eigenvalue weighted by Gasteiger charge is -2.21. The quantitative estimate of drug-likeness (QED) is 0.641. The maximum Gasteiger partial charge on any atom is 0.239 e. The number of carbonyl (C=O) groups is 2. The molecule has 7 heteroatoms. The number of halogens is 1. The number of methoxy groups -OCH3 is 2. The molecule has 2 aromatic rings. The van der Waals surface area contributed by atoms with E-state index in [9.17, 15) is 9.59 Å². The van der Waals surface area contributed by atoms with Gasteiger partial charge in [-0.2, -0.15) is 0 Å². The van der Waals surface area contributed by atoms with E-state index in [1.54, 1.807) is 31.3 Å². The van der Waals surface area contributed by atoms with Gasteiger partial charge in [0.05, 0.1) is 20.8 Å². The molecular weight excluding hydrogens is 392 g/mol. The van der Waals surface area contributed by atoms with Gasteiger partial charge in [-0.05, 0) is 42.7 Å². The number of rotatable bonds is 10. The van der Waals surface area contributed by atoms with Crippen molar-refractivity contribution in [1.29, 1.82) is 0 Å². The van der Waals surface area contributed by atoms with E-state index >= 15 is 0 Å². The fraction of sp³-hybridized carbons (Fsp3) is 0.364. The Balaban J connectivity index is 1.88. The number of aryl methyl sites for hydroxylation is 1. The van der Waals surface area contributed by atoms with Gasteiger partial charge >= 0.3 is 0 Å². The molecule has 0 radical (unpaired) electrons. The van der Waals surface area contributed by atoms with Crippen LogP contribution < -0.4 is 14.8 Å². The molecule has 156 valence electrons. The van der Waals surface area contributed by atoms with Crippen LogP contribution in [0.5, 0.6) is 11.5 Å². The molecule has 0 aliphatic carbocycles. The van der Waals surface area contributed by atoms with E-state index in [0.717, 1.165) is 11.1 Å². The number of likely N-dealkylation sites (N-methyl/N-ethyl adjacent to an activating group) is 1. The number of amides is 2. The second kappa shape index (κ2) is 11.3. The van der Waals surface area contributed by atoms with Crippen molar-refractivity contribution in [3.8, 4) is 11.5 Å². The lowest BCUT2D eigenvalue weighted by atomic mass is 10.1. The molecule has 0 aliphatic rings. The molecule has 0 saturated heterocycles. The maximum atomic E-state index is 12.6. The Morgan fingerprint density at radius 3 is 2.41 bits per heavy atom. The molecule has 1 N–H and O–H groups in total. The first-order chi connectivity index (χ1) is 14.0. The third kappa shape index (κ3) is 6.68. The van der Waals surface area contributed by atoms with Crippen LogP contribution in [0.2, 0.25) is 5.02 Å². The molecule has 2 rings (SSSR count). The van der Waals surface area contributed by atoms with Crippen LogP contribution in [0.3, 0.4) is 0 Å². The first-order valence-corrected chi connectivity index (χ1v) is 9.85. The van der Waals surface area contributed by atoms with Crippen molar-refractivity contribution in [3.05, 3.63) is 58.6 Å². The molecule has 2 amide bonds. The first kappa shape index (κ1) is 22.6. The Hall–Kier alpha value is -2.73. The summed E-state index contributed by atoms with van der Waals surface area (Å²) in [5, 5.41) is 3.48. The SMILES string of the molecule is CCN(CC(=O)NCc1ccc(Cl)cc1)C(=O)CCc1cccc(OC)c1OC. The van der Waals surface area contributed by atoms with E-state index in [1.165, 1.54) is 0 Å². The number of ether oxygens (including phenoxy) is 2. The number of benzene rings is 2. The summed E-state index contributed by atoms with van der Waals surface area (Å²) >= 11 is 5.86. The molecule has 0 fully saturated rings. The standard InChI is InChI=1S/C22H27ClN2O4/c1-4-25(15-20(26)24-14-16-8-11-18(23)12-9-16)21(27)13-10-17-6-5-7-19(28-2)22(17)29-3/h5-9,11-12H,4,10,13-15H2,1-3H3,(H,24,26). The van der Waals surface area contributed by atoms with Crippen LogP contribution in [0.15, 0.2) is 42.5 Å². The average Bonchev–Trinajstić information content (AvgIpc) is 2.74. The first-order valence-electron chi connectivity index (χ1n) is 9.47. The number of hydrogen-bond donors (Lipinski definition) is 1. The fourth-order valence-electron chi connectivity index (χ4n) is 2.96. The lowest BCUT2D eigenvalue weighted by Crippen LogP contribution is -2.40. The monoisotopic (exact) mass is 418 g/mol. The van der Waals surface area contributed by atoms with Gasteiger partial charge in [0, 0.05) is 24.5 Å². The van der Waals surface area contributed by atoms with Gasteiger partial charge in [-0.1, -0.05) is 35.9 Å². The van der Waals surface area contributed by atoms with E-state index < -0.39 is 0 Å². The van der Waals surface area contributed by atoms with E-state index in [1.807, 2.05) is 37.3 Å². The minimum atomic E-state index is -0.200. The van der Waals surface area contributed by atoms with Crippen molar-refractivity contribution in [2.24, 2.45) is 0 Å². The van der Waals surface area contributed by atoms with Crippen LogP contribution in [-0.2, 0) is 22.6 Å². The number of nitrogens with one attached hydrogen (secondary N) is 1. The minimum absolute atomic E-state index is 0.0260. The van der Waals surface area contributed by atoms with Gasteiger partial charge in [-0.3, -0.25) is 9.59 Å². The van der Waals surface area contributed by atoms with Crippen LogP contribution in [0, 0.1) is 0 Å². The highest BCUT2D eigenvalue weighted by atomic mass is 35.5. The van der Waals surface area contributed by atoms with E-state index in [0.29, 0.717) is 36.0 Å². The Morgan fingerprint density at radius 2 is 1.79 bits per heavy atom. The van der Waals surface area contributed by atoms with Gasteiger partial charge in [-0.15, -0.1) is 0 Å². The molecular formula is C22H27ClN2O4. The van der Waals surface area contributed by atoms with Gasteiger partial charge in [0.15, 0.2) is 11.5 Å². The third-order valence-electron chi connectivity index (χ3n) is 4.56. The summed E-state index contributed by atoms with van der Waals surface area (Å²) in [6.45, 7) is 2.74. The maximum absolute atomic E-state index is 12.6. The highest BCUT2D eigenvalue weighted by Crippen LogP contribution is 2.31. The van der Waals surface area contributed by atoms with Crippen LogP contribution in [-0.4, -0.2) is 44.0 Å². The molecule has 0 atom stereocenters. The zero-order chi connectivity index (χ0) is 21.2. The third-order valence-corrected chi connectivity index (χ3v) is 4.82. The van der Waals surface area contributed by atoms with Crippen molar-refractivity contribution in [2.75, 3.05) is 27.3 Å². The van der Waals surface area contributed by atoms with E-state index in [4.69, 9.17) is 21.1 Å². The van der Waals surface area contributed by atoms with E-state index in [2.05, 4.69) is 5.32 Å². The van der Waals surface area contributed by atoms with Gasteiger partial charge in [0.1, 0.15) is 0 Å². The van der Waals surface area contributed by atoms with Crippen molar-refractivity contribution in [2.45, 2.75) is 26.3 Å². The number of carbonyl (C=O) groups excluding carboxylic acids is 2. The predicted octanol–water partition coefficient (Wildman–Crippen LogP) is 3.45. The van der Waals surface area contributed by atoms with Gasteiger partial charge in [0.25, 0.3) is 0 Å². The molecule has 2 aromatic carbocycles. The van der Waals surface area contributed by atoms with Crippen LogP contribution in [0.4, 0.5) is 0 Å². The summed E-state index contributed by atoms with van der Waals surface area (Å²) < 4.78 is 10.7. The van der Waals surface area contributed by atoms with Crippen molar-refractivity contribution in [1.82, 2.24) is 10.2 Å². The van der Waals surface area contributed by atoms with Crippen LogP contribution in [0.25, 0.3) is 0 Å². The highest BCUT2D eigenvalue weighted by Gasteiger charge is 2.17. The van der Waals surface area contributed by atoms with Gasteiger partial charge < -0.3 is 19.7 Å². The summed E-state index contributed by atoms with van der Waals surface area (Å²) in [5.74, 6) is 0.978. The molecule has 6 nitrogen and oxygen atoms in total. The van der Waals surface area contributed by atoms with Gasteiger partial charge in [0.2, 0.25) is 11.8 Å². The molecule has 29 heavy (non-hydrogen) atoms.